The zero-order valence-corrected chi connectivity index (χ0v) is 12.2. The van der Waals surface area contributed by atoms with Gasteiger partial charge >= 0.3 is 0 Å². The van der Waals surface area contributed by atoms with Crippen molar-refractivity contribution in [3.63, 3.8) is 0 Å². The lowest BCUT2D eigenvalue weighted by Gasteiger charge is -2.39. The lowest BCUT2D eigenvalue weighted by Crippen LogP contribution is -2.49. The van der Waals surface area contributed by atoms with E-state index in [0.717, 1.165) is 36.5 Å². The van der Waals surface area contributed by atoms with Gasteiger partial charge in [-0.3, -0.25) is 0 Å². The van der Waals surface area contributed by atoms with Crippen LogP contribution in [0.3, 0.4) is 0 Å². The summed E-state index contributed by atoms with van der Waals surface area (Å²) in [5.41, 5.74) is 2.12. The van der Waals surface area contributed by atoms with Gasteiger partial charge in [-0.15, -0.1) is 10.2 Å². The van der Waals surface area contributed by atoms with E-state index in [1.54, 1.807) is 0 Å². The molecule has 0 radical (unpaired) electrons. The summed E-state index contributed by atoms with van der Waals surface area (Å²) in [6.07, 6.45) is 1.26. The minimum Gasteiger partial charge on any atom is -0.375 e. The predicted octanol–water partition coefficient (Wildman–Crippen LogP) is 2.75. The first-order valence-electron chi connectivity index (χ1n) is 6.42. The lowest BCUT2D eigenvalue weighted by molar-refractivity contribution is 0.0295. The van der Waals surface area contributed by atoms with Crippen LogP contribution in [-0.4, -0.2) is 35.5 Å². The average molecular weight is 270 g/mol. The zero-order valence-electron chi connectivity index (χ0n) is 11.4. The first-order valence-corrected chi connectivity index (χ1v) is 6.80. The molecule has 0 spiro atoms. The standard InChI is InChI=1S/C13H20ClN3O/c1-5-11-7-18-8(2)6-17(11)13-10(4)9(3)12(14)15-16-13/h8,11H,5-7H2,1-4H3. The molecule has 0 N–H and O–H groups in total. The SMILES string of the molecule is CCC1COC(C)CN1c1nnc(Cl)c(C)c1C. The molecule has 1 saturated heterocycles. The van der Waals surface area contributed by atoms with Crippen LogP contribution in [0.5, 0.6) is 0 Å². The van der Waals surface area contributed by atoms with E-state index in [1.165, 1.54) is 0 Å². The van der Waals surface area contributed by atoms with Gasteiger partial charge in [-0.05, 0) is 38.3 Å². The molecule has 1 aromatic heterocycles. The Morgan fingerprint density at radius 1 is 1.33 bits per heavy atom. The summed E-state index contributed by atoms with van der Waals surface area (Å²) in [5, 5.41) is 8.82. The van der Waals surface area contributed by atoms with Gasteiger partial charge in [0.05, 0.1) is 18.8 Å². The van der Waals surface area contributed by atoms with Crippen LogP contribution in [0.2, 0.25) is 5.15 Å². The van der Waals surface area contributed by atoms with Crippen molar-refractivity contribution in [2.45, 2.75) is 46.3 Å². The monoisotopic (exact) mass is 269 g/mol. The van der Waals surface area contributed by atoms with E-state index in [9.17, 15) is 0 Å². The van der Waals surface area contributed by atoms with Crippen molar-refractivity contribution in [2.75, 3.05) is 18.1 Å². The maximum atomic E-state index is 6.01. The molecule has 1 fully saturated rings. The van der Waals surface area contributed by atoms with Gasteiger partial charge in [0.25, 0.3) is 0 Å². The van der Waals surface area contributed by atoms with E-state index in [4.69, 9.17) is 16.3 Å². The summed E-state index contributed by atoms with van der Waals surface area (Å²) in [6, 6.07) is 0.370. The molecule has 0 saturated carbocycles. The van der Waals surface area contributed by atoms with Gasteiger partial charge in [0.2, 0.25) is 0 Å². The Kier molecular flexibility index (Phi) is 4.07. The van der Waals surface area contributed by atoms with Crippen LogP contribution in [0.4, 0.5) is 5.82 Å². The van der Waals surface area contributed by atoms with E-state index >= 15 is 0 Å². The van der Waals surface area contributed by atoms with Crippen molar-refractivity contribution in [1.82, 2.24) is 10.2 Å². The van der Waals surface area contributed by atoms with Crippen LogP contribution in [0.15, 0.2) is 0 Å². The fraction of sp³-hybridized carbons (Fsp3) is 0.692. The largest absolute Gasteiger partial charge is 0.375 e. The van der Waals surface area contributed by atoms with Crippen LogP contribution < -0.4 is 4.90 Å². The number of morpholine rings is 1. The molecule has 1 aliphatic heterocycles. The molecule has 0 aliphatic carbocycles. The van der Waals surface area contributed by atoms with Gasteiger partial charge in [-0.1, -0.05) is 18.5 Å². The first-order chi connectivity index (χ1) is 8.54. The summed E-state index contributed by atoms with van der Waals surface area (Å²) in [7, 11) is 0. The summed E-state index contributed by atoms with van der Waals surface area (Å²) < 4.78 is 5.71. The van der Waals surface area contributed by atoms with Gasteiger partial charge in [-0.2, -0.15) is 0 Å². The zero-order chi connectivity index (χ0) is 13.3. The Morgan fingerprint density at radius 2 is 2.06 bits per heavy atom. The number of anilines is 1. The fourth-order valence-corrected chi connectivity index (χ4v) is 2.46. The third kappa shape index (κ3) is 2.45. The summed E-state index contributed by atoms with van der Waals surface area (Å²) in [6.45, 7) is 9.90. The number of hydrogen-bond donors (Lipinski definition) is 0. The summed E-state index contributed by atoms with van der Waals surface area (Å²) in [4.78, 5) is 2.31. The summed E-state index contributed by atoms with van der Waals surface area (Å²) in [5.74, 6) is 0.943. The maximum absolute atomic E-state index is 6.01. The number of rotatable bonds is 2. The molecule has 2 unspecified atom stereocenters. The maximum Gasteiger partial charge on any atom is 0.155 e. The second kappa shape index (κ2) is 5.41. The van der Waals surface area contributed by atoms with Crippen molar-refractivity contribution in [1.29, 1.82) is 0 Å². The van der Waals surface area contributed by atoms with Crippen molar-refractivity contribution in [2.24, 2.45) is 0 Å². The van der Waals surface area contributed by atoms with Crippen molar-refractivity contribution < 1.29 is 4.74 Å². The molecular formula is C13H20ClN3O. The molecule has 1 aromatic rings. The van der Waals surface area contributed by atoms with Gasteiger partial charge in [0, 0.05) is 6.54 Å². The average Bonchev–Trinajstić information content (AvgIpc) is 2.36. The van der Waals surface area contributed by atoms with Crippen LogP contribution in [0, 0.1) is 13.8 Å². The third-order valence-corrected chi connectivity index (χ3v) is 4.01. The topological polar surface area (TPSA) is 38.2 Å². The van der Waals surface area contributed by atoms with Crippen molar-refractivity contribution >= 4 is 17.4 Å². The van der Waals surface area contributed by atoms with Gasteiger partial charge in [0.1, 0.15) is 0 Å². The molecule has 1 aliphatic rings. The van der Waals surface area contributed by atoms with Crippen molar-refractivity contribution in [3.05, 3.63) is 16.3 Å². The minimum absolute atomic E-state index is 0.227. The number of aromatic nitrogens is 2. The highest BCUT2D eigenvalue weighted by molar-refractivity contribution is 6.30. The number of hydrogen-bond acceptors (Lipinski definition) is 4. The van der Waals surface area contributed by atoms with Crippen LogP contribution in [0.25, 0.3) is 0 Å². The first kappa shape index (κ1) is 13.6. The second-order valence-electron chi connectivity index (χ2n) is 4.92. The lowest BCUT2D eigenvalue weighted by atomic mass is 10.1. The smallest absolute Gasteiger partial charge is 0.155 e. The molecule has 0 aromatic carbocycles. The Morgan fingerprint density at radius 3 is 2.72 bits per heavy atom. The molecule has 5 heteroatoms. The Hall–Kier alpha value is -0.870. The minimum atomic E-state index is 0.227. The quantitative estimate of drug-likeness (QED) is 0.828. The van der Waals surface area contributed by atoms with Crippen LogP contribution in [-0.2, 0) is 4.74 Å². The molecule has 2 atom stereocenters. The fourth-order valence-electron chi connectivity index (χ4n) is 2.28. The molecule has 2 heterocycles. The van der Waals surface area contributed by atoms with Crippen LogP contribution in [0.1, 0.15) is 31.4 Å². The Balaban J connectivity index is 2.36. The molecule has 100 valence electrons. The highest BCUT2D eigenvalue weighted by atomic mass is 35.5. The molecule has 0 bridgehead atoms. The molecule has 2 rings (SSSR count). The van der Waals surface area contributed by atoms with E-state index in [2.05, 4.69) is 35.9 Å². The molecular weight excluding hydrogens is 250 g/mol. The Labute approximate surface area is 113 Å². The molecule has 4 nitrogen and oxygen atoms in total. The second-order valence-corrected chi connectivity index (χ2v) is 5.28. The van der Waals surface area contributed by atoms with Gasteiger partial charge < -0.3 is 9.64 Å². The van der Waals surface area contributed by atoms with E-state index in [-0.39, 0.29) is 6.10 Å². The van der Waals surface area contributed by atoms with Gasteiger partial charge in [0.15, 0.2) is 11.0 Å². The van der Waals surface area contributed by atoms with E-state index < -0.39 is 0 Å². The van der Waals surface area contributed by atoms with Crippen molar-refractivity contribution in [3.8, 4) is 0 Å². The van der Waals surface area contributed by atoms with E-state index in [0.29, 0.717) is 11.2 Å². The van der Waals surface area contributed by atoms with Gasteiger partial charge in [-0.25, -0.2) is 0 Å². The number of ether oxygens (including phenoxy) is 1. The number of nitrogens with zero attached hydrogens (tertiary/aromatic N) is 3. The molecule has 18 heavy (non-hydrogen) atoms. The third-order valence-electron chi connectivity index (χ3n) is 3.65. The number of halogens is 1. The van der Waals surface area contributed by atoms with E-state index in [1.807, 2.05) is 6.92 Å². The molecule has 0 amide bonds. The summed E-state index contributed by atoms with van der Waals surface area (Å²) >= 11 is 6.01. The normalized spacial score (nSPS) is 24.4. The predicted molar refractivity (Wildman–Crippen MR) is 73.4 cm³/mol. The highest BCUT2D eigenvalue weighted by Crippen LogP contribution is 2.28. The highest BCUT2D eigenvalue weighted by Gasteiger charge is 2.28. The Bertz CT molecular complexity index is 438. The van der Waals surface area contributed by atoms with Crippen LogP contribution >= 0.6 is 11.6 Å².